The van der Waals surface area contributed by atoms with Gasteiger partial charge < -0.3 is 19.3 Å². The number of hydrogen-bond donors (Lipinski definition) is 0. The van der Waals surface area contributed by atoms with Crippen molar-refractivity contribution < 1.29 is 27.8 Å². The molecule has 0 radical (unpaired) electrons. The van der Waals surface area contributed by atoms with E-state index in [4.69, 9.17) is 9.47 Å². The second-order valence-corrected chi connectivity index (χ2v) is 11.4. The van der Waals surface area contributed by atoms with Gasteiger partial charge in [0.25, 0.3) is 5.91 Å². The molecule has 2 aliphatic heterocycles. The van der Waals surface area contributed by atoms with Crippen LogP contribution in [0.1, 0.15) is 51.8 Å². The molecule has 2 amide bonds. The average molecular weight is 599 g/mol. The number of likely N-dealkylation sites (tertiary alicyclic amines) is 1. The number of amides is 2. The lowest BCUT2D eigenvalue weighted by atomic mass is 9.80. The van der Waals surface area contributed by atoms with Crippen molar-refractivity contribution in [2.24, 2.45) is 0 Å². The summed E-state index contributed by atoms with van der Waals surface area (Å²) in [6, 6.07) is 16.6. The van der Waals surface area contributed by atoms with Crippen LogP contribution in [0.3, 0.4) is 0 Å². The van der Waals surface area contributed by atoms with Crippen LogP contribution in [-0.2, 0) is 29.7 Å². The lowest BCUT2D eigenvalue weighted by molar-refractivity contribution is -0.130. The van der Waals surface area contributed by atoms with Gasteiger partial charge in [0.2, 0.25) is 5.91 Å². The van der Waals surface area contributed by atoms with Gasteiger partial charge in [-0.25, -0.2) is 18.7 Å². The van der Waals surface area contributed by atoms with Crippen LogP contribution in [0.5, 0.6) is 11.5 Å². The minimum Gasteiger partial charge on any atom is -0.497 e. The predicted molar refractivity (Wildman–Crippen MR) is 159 cm³/mol. The van der Waals surface area contributed by atoms with E-state index >= 15 is 0 Å². The van der Waals surface area contributed by atoms with Crippen molar-refractivity contribution in [3.8, 4) is 22.9 Å². The number of rotatable bonds is 8. The molecule has 44 heavy (non-hydrogen) atoms. The van der Waals surface area contributed by atoms with Crippen LogP contribution in [0.2, 0.25) is 0 Å². The zero-order valence-electron chi connectivity index (χ0n) is 25.0. The minimum absolute atomic E-state index is 0.0783. The van der Waals surface area contributed by atoms with Crippen LogP contribution in [0.25, 0.3) is 11.4 Å². The fourth-order valence-electron chi connectivity index (χ4n) is 6.07. The quantitative estimate of drug-likeness (QED) is 0.274. The largest absolute Gasteiger partial charge is 0.497 e. The van der Waals surface area contributed by atoms with Crippen molar-refractivity contribution in [1.29, 1.82) is 0 Å². The summed E-state index contributed by atoms with van der Waals surface area (Å²) >= 11 is 0. The number of methoxy groups -OCH3 is 2. The second kappa shape index (κ2) is 11.3. The Bertz CT molecular complexity index is 1760. The Morgan fingerprint density at radius 2 is 1.66 bits per heavy atom. The summed E-state index contributed by atoms with van der Waals surface area (Å²) in [5.41, 5.74) is 2.66. The summed E-state index contributed by atoms with van der Waals surface area (Å²) in [6.07, 6.45) is 0.951. The van der Waals surface area contributed by atoms with E-state index in [1.165, 1.54) is 6.07 Å². The van der Waals surface area contributed by atoms with E-state index in [1.807, 2.05) is 37.3 Å². The highest BCUT2D eigenvalue weighted by Gasteiger charge is 2.42. The van der Waals surface area contributed by atoms with Gasteiger partial charge in [0.1, 0.15) is 23.1 Å². The molecule has 3 aromatic carbocycles. The molecule has 4 aromatic rings. The Balaban J connectivity index is 1.37. The molecule has 2 aliphatic rings. The average Bonchev–Trinajstić information content (AvgIpc) is 3.48. The first-order valence-corrected chi connectivity index (χ1v) is 14.3. The molecule has 1 aromatic heterocycles. The number of carbonyl (C=O) groups is 2. The van der Waals surface area contributed by atoms with Gasteiger partial charge in [-0.15, -0.1) is 0 Å². The number of likely N-dealkylation sites (N-methyl/N-ethyl adjacent to an activating group) is 1. The number of hydrogen-bond acceptors (Lipinski definition) is 6. The van der Waals surface area contributed by atoms with Gasteiger partial charge in [-0.2, -0.15) is 0 Å². The highest BCUT2D eigenvalue weighted by Crippen LogP contribution is 2.36. The summed E-state index contributed by atoms with van der Waals surface area (Å²) in [7, 11) is 4.91. The van der Waals surface area contributed by atoms with Crippen LogP contribution in [-0.4, -0.2) is 59.4 Å². The fourth-order valence-corrected chi connectivity index (χ4v) is 6.07. The summed E-state index contributed by atoms with van der Waals surface area (Å²) in [6.45, 7) is 3.00. The van der Waals surface area contributed by atoms with E-state index in [9.17, 15) is 18.4 Å². The maximum atomic E-state index is 14.9. The molecule has 8 nitrogen and oxygen atoms in total. The number of fused-ring (bicyclic) bond motifs is 1. The van der Waals surface area contributed by atoms with Crippen molar-refractivity contribution in [3.05, 3.63) is 106 Å². The first-order valence-electron chi connectivity index (χ1n) is 14.3. The van der Waals surface area contributed by atoms with E-state index in [0.29, 0.717) is 35.0 Å². The van der Waals surface area contributed by atoms with E-state index in [1.54, 1.807) is 43.2 Å². The van der Waals surface area contributed by atoms with Gasteiger partial charge in [0.15, 0.2) is 5.82 Å². The number of benzene rings is 3. The topological polar surface area (TPSA) is 84.9 Å². The van der Waals surface area contributed by atoms with E-state index in [2.05, 4.69) is 9.97 Å². The Morgan fingerprint density at radius 3 is 2.30 bits per heavy atom. The van der Waals surface area contributed by atoms with E-state index in [0.717, 1.165) is 35.2 Å². The first kappa shape index (κ1) is 29.2. The van der Waals surface area contributed by atoms with Crippen LogP contribution in [0, 0.1) is 11.6 Å². The molecule has 0 aliphatic carbocycles. The summed E-state index contributed by atoms with van der Waals surface area (Å²) < 4.78 is 40.6. The van der Waals surface area contributed by atoms with Crippen LogP contribution >= 0.6 is 0 Å². The van der Waals surface area contributed by atoms with Crippen molar-refractivity contribution >= 4 is 11.8 Å². The lowest BCUT2D eigenvalue weighted by Crippen LogP contribution is -2.33. The molecule has 0 unspecified atom stereocenters. The molecule has 0 saturated carbocycles. The molecular weight excluding hydrogens is 566 g/mol. The van der Waals surface area contributed by atoms with E-state index < -0.39 is 17.0 Å². The van der Waals surface area contributed by atoms with Crippen molar-refractivity contribution in [2.75, 3.05) is 27.8 Å². The molecule has 0 bridgehead atoms. The fraction of sp³-hybridized carbons (Fsp3) is 0.294. The third-order valence-electron chi connectivity index (χ3n) is 8.67. The third kappa shape index (κ3) is 5.04. The third-order valence-corrected chi connectivity index (χ3v) is 8.67. The minimum atomic E-state index is -0.788. The predicted octanol–water partition coefficient (Wildman–Crippen LogP) is 5.31. The maximum Gasteiger partial charge on any atom is 0.258 e. The zero-order chi connectivity index (χ0) is 31.2. The highest BCUT2D eigenvalue weighted by molar-refractivity contribution is 5.99. The molecule has 6 rings (SSSR count). The molecule has 1 atom stereocenters. The molecule has 10 heteroatoms. The molecule has 226 valence electrons. The summed E-state index contributed by atoms with van der Waals surface area (Å²) in [4.78, 5) is 39.1. The molecule has 0 N–H and O–H groups in total. The van der Waals surface area contributed by atoms with Crippen molar-refractivity contribution in [1.82, 2.24) is 19.8 Å². The summed E-state index contributed by atoms with van der Waals surface area (Å²) in [5.74, 6) is -0.709. The number of halogens is 2. The number of aromatic nitrogens is 2. The number of carbonyl (C=O) groups excluding carboxylic acids is 2. The number of ether oxygens (including phenoxy) is 2. The molecule has 1 saturated heterocycles. The lowest BCUT2D eigenvalue weighted by Gasteiger charge is -2.22. The number of nitrogens with zero attached hydrogens (tertiary/aromatic N) is 4. The highest BCUT2D eigenvalue weighted by atomic mass is 19.1. The molecular formula is C34H32F2N4O4. The smallest absolute Gasteiger partial charge is 0.258 e. The zero-order valence-corrected chi connectivity index (χ0v) is 25.0. The Morgan fingerprint density at radius 1 is 0.932 bits per heavy atom. The molecule has 0 spiro atoms. The maximum absolute atomic E-state index is 14.9. The molecule has 3 heterocycles. The van der Waals surface area contributed by atoms with Crippen molar-refractivity contribution in [3.63, 3.8) is 0 Å². The monoisotopic (exact) mass is 598 g/mol. The van der Waals surface area contributed by atoms with Gasteiger partial charge in [0, 0.05) is 31.6 Å². The van der Waals surface area contributed by atoms with Gasteiger partial charge in [-0.05, 0) is 48.7 Å². The second-order valence-electron chi connectivity index (χ2n) is 11.4. The standard InChI is InChI=1S/C34H32F2N4O4/c1-34(14-15-39(2)33(34)42)22-11-8-20(9-12-22)16-26-30-27(38-31(37-26)29-24(35)6-5-7-25(29)36)19-40(32(30)41)18-21-10-13-23(43-3)17-28(21)44-4/h5-13,17H,14-16,18-19H2,1-4H3/t34-/m0/s1. The van der Waals surface area contributed by atoms with Crippen LogP contribution in [0.15, 0.2) is 60.7 Å². The Labute approximate surface area is 254 Å². The molecule has 1 fully saturated rings. The van der Waals surface area contributed by atoms with Gasteiger partial charge in [-0.1, -0.05) is 30.3 Å². The SMILES string of the molecule is COc1ccc(CN2Cc3nc(-c4c(F)cccc4F)nc(Cc4ccc([C@]5(C)CCN(C)C5=O)cc4)c3C2=O)c(OC)c1. The normalized spacial score (nSPS) is 17.8. The first-order chi connectivity index (χ1) is 21.1. The Hall–Kier alpha value is -4.86. The van der Waals surface area contributed by atoms with Crippen LogP contribution < -0.4 is 9.47 Å². The van der Waals surface area contributed by atoms with E-state index in [-0.39, 0.29) is 42.7 Å². The van der Waals surface area contributed by atoms with Crippen molar-refractivity contribution in [2.45, 2.75) is 38.3 Å². The van der Waals surface area contributed by atoms with Crippen LogP contribution in [0.4, 0.5) is 8.78 Å². The van der Waals surface area contributed by atoms with Gasteiger partial charge in [-0.3, -0.25) is 9.59 Å². The Kier molecular flexibility index (Phi) is 7.53. The summed E-state index contributed by atoms with van der Waals surface area (Å²) in [5, 5.41) is 0. The van der Waals surface area contributed by atoms with Gasteiger partial charge >= 0.3 is 0 Å². The van der Waals surface area contributed by atoms with Gasteiger partial charge in [0.05, 0.1) is 55.2 Å².